The molecule has 1 saturated carbocycles. The summed E-state index contributed by atoms with van der Waals surface area (Å²) in [6, 6.07) is 5.17. The number of nitrogens with one attached hydrogen (secondary N) is 1. The van der Waals surface area contributed by atoms with Crippen LogP contribution in [0, 0.1) is 23.1 Å². The molecule has 1 aliphatic carbocycles. The molecule has 8 nitrogen and oxygen atoms in total. The normalized spacial score (nSPS) is 19.6. The van der Waals surface area contributed by atoms with Crippen molar-refractivity contribution in [3.63, 3.8) is 0 Å². The van der Waals surface area contributed by atoms with Crippen LogP contribution in [0.15, 0.2) is 35.5 Å². The maximum atomic E-state index is 13.7. The Morgan fingerprint density at radius 3 is 3.03 bits per heavy atom. The topological polar surface area (TPSA) is 105 Å². The molecular weight excluding hydrogens is 373 g/mol. The Balaban J connectivity index is 1.62. The Morgan fingerprint density at radius 2 is 2.17 bits per heavy atom. The van der Waals surface area contributed by atoms with E-state index in [-0.39, 0.29) is 17.5 Å². The van der Waals surface area contributed by atoms with E-state index in [9.17, 15) is 9.18 Å². The molecule has 29 heavy (non-hydrogen) atoms. The first-order valence-corrected chi connectivity index (χ1v) is 9.61. The van der Waals surface area contributed by atoms with Gasteiger partial charge in [0.05, 0.1) is 18.5 Å². The van der Waals surface area contributed by atoms with E-state index in [4.69, 9.17) is 5.26 Å². The molecule has 0 aliphatic heterocycles. The molecule has 5 rings (SSSR count). The summed E-state index contributed by atoms with van der Waals surface area (Å²) in [5.41, 5.74) is 1.99. The third-order valence-electron chi connectivity index (χ3n) is 5.66. The molecule has 2 atom stereocenters. The van der Waals surface area contributed by atoms with E-state index in [1.54, 1.807) is 27.4 Å². The molecule has 0 amide bonds. The van der Waals surface area contributed by atoms with Gasteiger partial charge in [0.1, 0.15) is 22.7 Å². The molecule has 0 aromatic carbocycles. The maximum absolute atomic E-state index is 13.7. The number of rotatable bonds is 3. The molecule has 0 spiro atoms. The molecule has 2 unspecified atom stereocenters. The summed E-state index contributed by atoms with van der Waals surface area (Å²) >= 11 is 0. The van der Waals surface area contributed by atoms with Gasteiger partial charge in [0.2, 0.25) is 0 Å². The lowest BCUT2D eigenvalue weighted by Gasteiger charge is -2.28. The number of hydrogen-bond donors (Lipinski definition) is 1. The molecule has 0 radical (unpaired) electrons. The number of pyridine rings is 1. The Hall–Kier alpha value is -3.54. The molecule has 4 aromatic rings. The second-order valence-electron chi connectivity index (χ2n) is 7.50. The van der Waals surface area contributed by atoms with Crippen molar-refractivity contribution in [2.24, 2.45) is 5.92 Å². The van der Waals surface area contributed by atoms with Gasteiger partial charge in [0, 0.05) is 18.7 Å². The number of hydrogen-bond acceptors (Lipinski definition) is 5. The van der Waals surface area contributed by atoms with Crippen molar-refractivity contribution in [1.82, 2.24) is 28.9 Å². The number of halogens is 1. The van der Waals surface area contributed by atoms with Crippen LogP contribution in [-0.4, -0.2) is 28.9 Å². The zero-order valence-corrected chi connectivity index (χ0v) is 15.5. The predicted molar refractivity (Wildman–Crippen MR) is 104 cm³/mol. The quantitative estimate of drug-likeness (QED) is 0.577. The number of nitriles is 1. The summed E-state index contributed by atoms with van der Waals surface area (Å²) in [6.45, 7) is 0. The molecule has 4 heterocycles. The fourth-order valence-electron chi connectivity index (χ4n) is 4.31. The van der Waals surface area contributed by atoms with Gasteiger partial charge < -0.3 is 4.98 Å². The Morgan fingerprint density at radius 1 is 1.28 bits per heavy atom. The number of fused-ring (bicyclic) bond motifs is 2. The summed E-state index contributed by atoms with van der Waals surface area (Å²) in [5.74, 6) is 0.272. The molecule has 1 N–H and O–H groups in total. The van der Waals surface area contributed by atoms with Crippen LogP contribution in [0.5, 0.6) is 0 Å². The van der Waals surface area contributed by atoms with Crippen molar-refractivity contribution in [2.75, 3.05) is 0 Å². The molecule has 0 bridgehead atoms. The van der Waals surface area contributed by atoms with Crippen LogP contribution >= 0.6 is 0 Å². The van der Waals surface area contributed by atoms with Gasteiger partial charge in [-0.05, 0) is 37.3 Å². The van der Waals surface area contributed by atoms with Crippen molar-refractivity contribution < 1.29 is 4.39 Å². The predicted octanol–water partition coefficient (Wildman–Crippen LogP) is 3.22. The van der Waals surface area contributed by atoms with E-state index in [2.05, 4.69) is 26.0 Å². The molecule has 1 fully saturated rings. The van der Waals surface area contributed by atoms with Gasteiger partial charge in [0.25, 0.3) is 0 Å². The van der Waals surface area contributed by atoms with Gasteiger partial charge in [-0.25, -0.2) is 24.1 Å². The lowest BCUT2D eigenvalue weighted by molar-refractivity contribution is 0.269. The van der Waals surface area contributed by atoms with Crippen molar-refractivity contribution in [2.45, 2.75) is 38.1 Å². The monoisotopic (exact) mass is 391 g/mol. The maximum Gasteiger partial charge on any atom is 0.327 e. The van der Waals surface area contributed by atoms with Gasteiger partial charge in [-0.1, -0.05) is 6.42 Å². The van der Waals surface area contributed by atoms with E-state index in [0.29, 0.717) is 40.7 Å². The first-order chi connectivity index (χ1) is 14.1. The summed E-state index contributed by atoms with van der Waals surface area (Å²) < 4.78 is 17.0. The van der Waals surface area contributed by atoms with E-state index >= 15 is 0 Å². The average Bonchev–Trinajstić information content (AvgIpc) is 3.27. The van der Waals surface area contributed by atoms with Crippen molar-refractivity contribution in [3.8, 4) is 17.6 Å². The molecule has 1 aliphatic rings. The number of aromatic nitrogens is 6. The van der Waals surface area contributed by atoms with Gasteiger partial charge in [0.15, 0.2) is 11.5 Å². The van der Waals surface area contributed by atoms with Crippen LogP contribution in [0.25, 0.3) is 28.3 Å². The van der Waals surface area contributed by atoms with E-state index in [0.717, 1.165) is 25.7 Å². The molecule has 146 valence electrons. The SMILES string of the molecule is N#CCC1CCCC(n2c(=O)[nH]c3cnc(-c4cnc5ccc(F)cn45)nc32)C1. The minimum absolute atomic E-state index is 0.00858. The number of aromatic amines is 1. The largest absolute Gasteiger partial charge is 0.327 e. The highest BCUT2D eigenvalue weighted by molar-refractivity contribution is 5.72. The summed E-state index contributed by atoms with van der Waals surface area (Å²) in [7, 11) is 0. The number of imidazole rings is 2. The van der Waals surface area contributed by atoms with E-state index < -0.39 is 0 Å². The molecule has 9 heteroatoms. The van der Waals surface area contributed by atoms with Gasteiger partial charge >= 0.3 is 5.69 Å². The number of H-pyrrole nitrogens is 1. The van der Waals surface area contributed by atoms with Crippen LogP contribution in [0.1, 0.15) is 38.1 Å². The Bertz CT molecular complexity index is 1310. The van der Waals surface area contributed by atoms with Crippen LogP contribution in [0.2, 0.25) is 0 Å². The lowest BCUT2D eigenvalue weighted by atomic mass is 9.84. The smallest absolute Gasteiger partial charge is 0.303 e. The van der Waals surface area contributed by atoms with Crippen LogP contribution in [0.3, 0.4) is 0 Å². The zero-order chi connectivity index (χ0) is 20.0. The highest BCUT2D eigenvalue weighted by Gasteiger charge is 2.26. The second-order valence-corrected chi connectivity index (χ2v) is 7.50. The highest BCUT2D eigenvalue weighted by Crippen LogP contribution is 2.34. The molecular formula is C20H18FN7O. The third-order valence-corrected chi connectivity index (χ3v) is 5.66. The lowest BCUT2D eigenvalue weighted by Crippen LogP contribution is -2.27. The average molecular weight is 391 g/mol. The Labute approximate surface area is 164 Å². The van der Waals surface area contributed by atoms with Crippen LogP contribution in [-0.2, 0) is 0 Å². The van der Waals surface area contributed by atoms with Gasteiger partial charge in [-0.2, -0.15) is 5.26 Å². The van der Waals surface area contributed by atoms with Crippen molar-refractivity contribution in [1.29, 1.82) is 5.26 Å². The summed E-state index contributed by atoms with van der Waals surface area (Å²) in [5, 5.41) is 9.03. The number of nitrogens with zero attached hydrogens (tertiary/aromatic N) is 6. The van der Waals surface area contributed by atoms with Crippen molar-refractivity contribution >= 4 is 16.8 Å². The fraction of sp³-hybridized carbons (Fsp3) is 0.350. The van der Waals surface area contributed by atoms with Gasteiger partial charge in [-0.3, -0.25) is 8.97 Å². The first-order valence-electron chi connectivity index (χ1n) is 9.61. The summed E-state index contributed by atoms with van der Waals surface area (Å²) in [6.07, 6.45) is 8.63. The minimum atomic E-state index is -0.387. The summed E-state index contributed by atoms with van der Waals surface area (Å²) in [4.78, 5) is 28.8. The fourth-order valence-corrected chi connectivity index (χ4v) is 4.31. The zero-order valence-electron chi connectivity index (χ0n) is 15.5. The first kappa shape index (κ1) is 17.6. The van der Waals surface area contributed by atoms with Gasteiger partial charge in [-0.15, -0.1) is 0 Å². The molecule has 0 saturated heterocycles. The third kappa shape index (κ3) is 2.97. The highest BCUT2D eigenvalue weighted by atomic mass is 19.1. The Kier molecular flexibility index (Phi) is 4.12. The standard InChI is InChI=1S/C20H18FN7O/c21-13-4-5-17-23-10-16(27(17)11-13)18-24-9-15-19(26-18)28(20(29)25-15)14-3-1-2-12(8-14)6-7-22/h4-5,9-12,14H,1-3,6,8H2,(H,25,29). The minimum Gasteiger partial charge on any atom is -0.303 e. The molecule has 4 aromatic heterocycles. The second kappa shape index (κ2) is 6.81. The van der Waals surface area contributed by atoms with Crippen molar-refractivity contribution in [3.05, 3.63) is 47.0 Å². The van der Waals surface area contributed by atoms with E-state index in [1.165, 1.54) is 12.3 Å². The van der Waals surface area contributed by atoms with Crippen LogP contribution in [0.4, 0.5) is 4.39 Å². The van der Waals surface area contributed by atoms with Crippen LogP contribution < -0.4 is 5.69 Å². The van der Waals surface area contributed by atoms with E-state index in [1.807, 2.05) is 0 Å².